The number of nitrogens with one attached hydrogen (secondary N) is 1. The van der Waals surface area contributed by atoms with Crippen molar-refractivity contribution >= 4 is 45.9 Å². The minimum atomic E-state index is -0.301. The van der Waals surface area contributed by atoms with Crippen molar-refractivity contribution in [3.8, 4) is 11.5 Å². The molecule has 1 amide bonds. The lowest BCUT2D eigenvalue weighted by molar-refractivity contribution is -0.113. The summed E-state index contributed by atoms with van der Waals surface area (Å²) in [5.74, 6) is 0.587. The highest BCUT2D eigenvalue weighted by Crippen LogP contribution is 2.36. The van der Waals surface area contributed by atoms with Crippen molar-refractivity contribution in [3.05, 3.63) is 51.8 Å². The van der Waals surface area contributed by atoms with Gasteiger partial charge < -0.3 is 19.5 Å². The normalized spacial score (nSPS) is 10.8. The van der Waals surface area contributed by atoms with Crippen LogP contribution in [0.2, 0.25) is 5.02 Å². The zero-order valence-electron chi connectivity index (χ0n) is 17.3. The van der Waals surface area contributed by atoms with Gasteiger partial charge in [0.25, 0.3) is 5.56 Å². The van der Waals surface area contributed by atoms with Crippen LogP contribution in [0.1, 0.15) is 0 Å². The molecule has 0 bridgehead atoms. The Labute approximate surface area is 188 Å². The van der Waals surface area contributed by atoms with Crippen LogP contribution in [0.15, 0.2) is 46.3 Å². The Morgan fingerprint density at radius 2 is 1.90 bits per heavy atom. The number of carbonyl (C=O) groups excluding carboxylic acids is 1. The molecule has 164 valence electrons. The first-order valence-electron chi connectivity index (χ1n) is 9.31. The maximum atomic E-state index is 12.9. The number of amides is 1. The number of halogens is 1. The van der Waals surface area contributed by atoms with Gasteiger partial charge in [0.1, 0.15) is 11.5 Å². The summed E-state index contributed by atoms with van der Waals surface area (Å²) in [4.78, 5) is 30.0. The molecule has 8 nitrogen and oxygen atoms in total. The van der Waals surface area contributed by atoms with E-state index in [4.69, 9.17) is 25.8 Å². The van der Waals surface area contributed by atoms with Crippen LogP contribution in [-0.4, -0.2) is 49.1 Å². The quantitative estimate of drug-likeness (QED) is 0.384. The van der Waals surface area contributed by atoms with Gasteiger partial charge in [0.15, 0.2) is 5.16 Å². The van der Waals surface area contributed by atoms with Crippen molar-refractivity contribution in [2.45, 2.75) is 11.7 Å². The molecule has 0 aliphatic heterocycles. The molecule has 0 unspecified atom stereocenters. The Balaban J connectivity index is 1.81. The van der Waals surface area contributed by atoms with Crippen molar-refractivity contribution < 1.29 is 19.0 Å². The molecule has 0 atom stereocenters. The molecule has 0 fully saturated rings. The molecule has 31 heavy (non-hydrogen) atoms. The highest BCUT2D eigenvalue weighted by Gasteiger charge is 2.16. The molecule has 2 aromatic carbocycles. The van der Waals surface area contributed by atoms with E-state index in [0.29, 0.717) is 51.4 Å². The molecule has 3 rings (SSSR count). The number of para-hydroxylation sites is 1. The number of fused-ring (bicyclic) bond motifs is 1. The molecule has 0 aliphatic rings. The monoisotopic (exact) mass is 463 g/mol. The fourth-order valence-corrected chi connectivity index (χ4v) is 3.98. The SMILES string of the molecule is COCCn1c(SCC(=O)Nc2cc(Cl)c(OC)cc2OC)nc2ccccc2c1=O. The van der Waals surface area contributed by atoms with Crippen molar-refractivity contribution in [2.75, 3.05) is 39.0 Å². The van der Waals surface area contributed by atoms with Gasteiger partial charge in [0.2, 0.25) is 5.91 Å². The molecule has 0 saturated carbocycles. The van der Waals surface area contributed by atoms with Gasteiger partial charge in [-0.15, -0.1) is 0 Å². The molecular formula is C21H22ClN3O5S. The maximum Gasteiger partial charge on any atom is 0.262 e. The van der Waals surface area contributed by atoms with Crippen LogP contribution in [0, 0.1) is 0 Å². The summed E-state index contributed by atoms with van der Waals surface area (Å²) in [7, 11) is 4.54. The second kappa shape index (κ2) is 10.5. The van der Waals surface area contributed by atoms with Crippen LogP contribution in [0.5, 0.6) is 11.5 Å². The van der Waals surface area contributed by atoms with Gasteiger partial charge >= 0.3 is 0 Å². The third-order valence-corrected chi connectivity index (χ3v) is 5.70. The molecule has 10 heteroatoms. The largest absolute Gasteiger partial charge is 0.495 e. The highest BCUT2D eigenvalue weighted by atomic mass is 35.5. The number of carbonyl (C=O) groups is 1. The van der Waals surface area contributed by atoms with Gasteiger partial charge in [0, 0.05) is 13.2 Å². The van der Waals surface area contributed by atoms with Gasteiger partial charge in [-0.05, 0) is 18.2 Å². The topological polar surface area (TPSA) is 91.7 Å². The lowest BCUT2D eigenvalue weighted by Gasteiger charge is -2.14. The Morgan fingerprint density at radius 1 is 1.16 bits per heavy atom. The highest BCUT2D eigenvalue weighted by molar-refractivity contribution is 7.99. The van der Waals surface area contributed by atoms with Crippen molar-refractivity contribution in [2.24, 2.45) is 0 Å². The first-order chi connectivity index (χ1) is 15.0. The van der Waals surface area contributed by atoms with Gasteiger partial charge in [-0.1, -0.05) is 35.5 Å². The first-order valence-corrected chi connectivity index (χ1v) is 10.7. The summed E-state index contributed by atoms with van der Waals surface area (Å²) in [6.45, 7) is 0.681. The van der Waals surface area contributed by atoms with E-state index in [-0.39, 0.29) is 17.2 Å². The van der Waals surface area contributed by atoms with E-state index in [1.165, 1.54) is 18.8 Å². The molecule has 1 aromatic heterocycles. The van der Waals surface area contributed by atoms with Crippen LogP contribution in [0.4, 0.5) is 5.69 Å². The second-order valence-corrected chi connectivity index (χ2v) is 7.73. The first kappa shape index (κ1) is 22.9. The number of rotatable bonds is 9. The van der Waals surface area contributed by atoms with Crippen molar-refractivity contribution in [1.29, 1.82) is 0 Å². The predicted molar refractivity (Wildman–Crippen MR) is 122 cm³/mol. The molecule has 0 spiro atoms. The molecule has 3 aromatic rings. The smallest absolute Gasteiger partial charge is 0.262 e. The lowest BCUT2D eigenvalue weighted by atomic mass is 10.2. The van der Waals surface area contributed by atoms with Crippen molar-refractivity contribution in [1.82, 2.24) is 9.55 Å². The Bertz CT molecular complexity index is 1150. The minimum absolute atomic E-state index is 0.0323. The van der Waals surface area contributed by atoms with E-state index in [1.54, 1.807) is 37.4 Å². The Morgan fingerprint density at radius 3 is 2.61 bits per heavy atom. The van der Waals surface area contributed by atoms with Crippen LogP contribution >= 0.6 is 23.4 Å². The summed E-state index contributed by atoms with van der Waals surface area (Å²) in [6, 6.07) is 10.3. The Hall–Kier alpha value is -2.75. The summed E-state index contributed by atoms with van der Waals surface area (Å²) >= 11 is 7.33. The molecule has 0 radical (unpaired) electrons. The molecule has 1 heterocycles. The summed E-state index contributed by atoms with van der Waals surface area (Å²) in [6.07, 6.45) is 0. The average molecular weight is 464 g/mol. The fourth-order valence-electron chi connectivity index (χ4n) is 2.91. The summed E-state index contributed by atoms with van der Waals surface area (Å²) < 4.78 is 17.1. The van der Waals surface area contributed by atoms with Gasteiger partial charge in [-0.25, -0.2) is 4.98 Å². The number of methoxy groups -OCH3 is 3. The number of anilines is 1. The van der Waals surface area contributed by atoms with Crippen molar-refractivity contribution in [3.63, 3.8) is 0 Å². The van der Waals surface area contributed by atoms with Gasteiger partial charge in [-0.2, -0.15) is 0 Å². The minimum Gasteiger partial charge on any atom is -0.495 e. The van der Waals surface area contributed by atoms with E-state index >= 15 is 0 Å². The predicted octanol–water partition coefficient (Wildman–Crippen LogP) is 3.44. The van der Waals surface area contributed by atoms with E-state index in [0.717, 1.165) is 11.8 Å². The summed E-state index contributed by atoms with van der Waals surface area (Å²) in [5, 5.41) is 4.08. The van der Waals surface area contributed by atoms with Crippen LogP contribution in [-0.2, 0) is 16.1 Å². The zero-order chi connectivity index (χ0) is 22.4. The maximum absolute atomic E-state index is 12.9. The van der Waals surface area contributed by atoms with Gasteiger partial charge in [0.05, 0.1) is 54.7 Å². The average Bonchev–Trinajstić information content (AvgIpc) is 2.77. The molecule has 0 aliphatic carbocycles. The zero-order valence-corrected chi connectivity index (χ0v) is 18.9. The molecular weight excluding hydrogens is 442 g/mol. The van der Waals surface area contributed by atoms with E-state index < -0.39 is 0 Å². The number of ether oxygens (including phenoxy) is 3. The Kier molecular flexibility index (Phi) is 7.78. The van der Waals surface area contributed by atoms with Crippen LogP contribution in [0.25, 0.3) is 10.9 Å². The molecule has 1 N–H and O–H groups in total. The lowest BCUT2D eigenvalue weighted by Crippen LogP contribution is -2.26. The fraction of sp³-hybridized carbons (Fsp3) is 0.286. The number of aromatic nitrogens is 2. The molecule has 0 saturated heterocycles. The number of benzene rings is 2. The van der Waals surface area contributed by atoms with E-state index in [2.05, 4.69) is 10.3 Å². The third kappa shape index (κ3) is 5.30. The third-order valence-electron chi connectivity index (χ3n) is 4.43. The number of nitrogens with zero attached hydrogens (tertiary/aromatic N) is 2. The van der Waals surface area contributed by atoms with Crippen LogP contribution in [0.3, 0.4) is 0 Å². The van der Waals surface area contributed by atoms with Gasteiger partial charge in [-0.3, -0.25) is 14.2 Å². The second-order valence-electron chi connectivity index (χ2n) is 6.39. The standard InChI is InChI=1S/C21H22ClN3O5S/c1-28-9-8-25-20(27)13-6-4-5-7-15(13)24-21(25)31-12-19(26)23-16-10-14(22)17(29-2)11-18(16)30-3/h4-7,10-11H,8-9,12H2,1-3H3,(H,23,26). The van der Waals surface area contributed by atoms with E-state index in [9.17, 15) is 9.59 Å². The van der Waals surface area contributed by atoms with Crippen LogP contribution < -0.4 is 20.3 Å². The number of hydrogen-bond donors (Lipinski definition) is 1. The summed E-state index contributed by atoms with van der Waals surface area (Å²) in [5.41, 5.74) is 0.823. The number of hydrogen-bond acceptors (Lipinski definition) is 7. The number of thioether (sulfide) groups is 1. The van der Waals surface area contributed by atoms with E-state index in [1.807, 2.05) is 6.07 Å².